The van der Waals surface area contributed by atoms with Crippen molar-refractivity contribution < 1.29 is 22.7 Å². The first-order chi connectivity index (χ1) is 9.29. The standard InChI is InChI=1S/C13H15F3N2O2/c1-18-5-4-9(18)7-20-11-3-2-8(13(14,15)16)6-10(11)12(17)19/h2-3,6,9H,4-5,7H2,1H3,(H2,17,19)/t9-/m0/s1. The summed E-state index contributed by atoms with van der Waals surface area (Å²) in [7, 11) is 1.93. The van der Waals surface area contributed by atoms with Crippen molar-refractivity contribution in [3.05, 3.63) is 29.3 Å². The van der Waals surface area contributed by atoms with Crippen LogP contribution in [0.4, 0.5) is 13.2 Å². The number of hydrogen-bond donors (Lipinski definition) is 1. The van der Waals surface area contributed by atoms with Crippen LogP contribution >= 0.6 is 0 Å². The Morgan fingerprint density at radius 3 is 2.65 bits per heavy atom. The number of nitrogens with two attached hydrogens (primary N) is 1. The highest BCUT2D eigenvalue weighted by Gasteiger charge is 2.32. The maximum atomic E-state index is 12.6. The molecule has 0 unspecified atom stereocenters. The monoisotopic (exact) mass is 288 g/mol. The number of likely N-dealkylation sites (tertiary alicyclic amines) is 1. The molecule has 2 rings (SSSR count). The molecule has 7 heteroatoms. The van der Waals surface area contributed by atoms with Gasteiger partial charge in [0.15, 0.2) is 0 Å². The van der Waals surface area contributed by atoms with Crippen LogP contribution in [0.1, 0.15) is 22.3 Å². The molecule has 1 heterocycles. The number of primary amides is 1. The zero-order valence-corrected chi connectivity index (χ0v) is 10.9. The van der Waals surface area contributed by atoms with E-state index in [2.05, 4.69) is 4.90 Å². The average molecular weight is 288 g/mol. The number of carbonyl (C=O) groups is 1. The fourth-order valence-corrected chi connectivity index (χ4v) is 1.99. The van der Waals surface area contributed by atoms with E-state index in [4.69, 9.17) is 10.5 Å². The van der Waals surface area contributed by atoms with E-state index in [1.807, 2.05) is 7.05 Å². The number of halogens is 3. The third-order valence-corrected chi connectivity index (χ3v) is 3.44. The topological polar surface area (TPSA) is 55.6 Å². The van der Waals surface area contributed by atoms with Crippen molar-refractivity contribution in [1.82, 2.24) is 4.90 Å². The van der Waals surface area contributed by atoms with Gasteiger partial charge in [0, 0.05) is 6.04 Å². The first kappa shape index (κ1) is 14.6. The second-order valence-corrected chi connectivity index (χ2v) is 4.81. The van der Waals surface area contributed by atoms with Gasteiger partial charge in [0.2, 0.25) is 0 Å². The Morgan fingerprint density at radius 1 is 1.50 bits per heavy atom. The van der Waals surface area contributed by atoms with Gasteiger partial charge in [-0.3, -0.25) is 9.69 Å². The molecule has 2 N–H and O–H groups in total. The zero-order chi connectivity index (χ0) is 14.9. The quantitative estimate of drug-likeness (QED) is 0.920. The molecular formula is C13H15F3N2O2. The lowest BCUT2D eigenvalue weighted by atomic mass is 10.1. The largest absolute Gasteiger partial charge is 0.491 e. The normalized spacial score (nSPS) is 19.5. The lowest BCUT2D eigenvalue weighted by molar-refractivity contribution is -0.137. The van der Waals surface area contributed by atoms with Crippen LogP contribution in [0.2, 0.25) is 0 Å². The number of hydrogen-bond acceptors (Lipinski definition) is 3. The molecule has 0 radical (unpaired) electrons. The second-order valence-electron chi connectivity index (χ2n) is 4.81. The first-order valence-corrected chi connectivity index (χ1v) is 6.13. The van der Waals surface area contributed by atoms with Gasteiger partial charge in [-0.1, -0.05) is 0 Å². The summed E-state index contributed by atoms with van der Waals surface area (Å²) < 4.78 is 43.2. The third kappa shape index (κ3) is 3.04. The molecule has 20 heavy (non-hydrogen) atoms. The maximum Gasteiger partial charge on any atom is 0.416 e. The second kappa shape index (κ2) is 5.32. The van der Waals surface area contributed by atoms with Crippen LogP contribution in [0, 0.1) is 0 Å². The summed E-state index contributed by atoms with van der Waals surface area (Å²) in [5, 5.41) is 0. The van der Waals surface area contributed by atoms with Gasteiger partial charge in [-0.05, 0) is 38.2 Å². The minimum atomic E-state index is -4.52. The van der Waals surface area contributed by atoms with E-state index in [1.54, 1.807) is 0 Å². The predicted octanol–water partition coefficient (Wildman–Crippen LogP) is 1.89. The summed E-state index contributed by atoms with van der Waals surface area (Å²) in [6.45, 7) is 1.28. The Morgan fingerprint density at radius 2 is 2.20 bits per heavy atom. The van der Waals surface area contributed by atoms with E-state index in [1.165, 1.54) is 0 Å². The van der Waals surface area contributed by atoms with Gasteiger partial charge >= 0.3 is 6.18 Å². The van der Waals surface area contributed by atoms with Gasteiger partial charge in [0.25, 0.3) is 5.91 Å². The van der Waals surface area contributed by atoms with E-state index in [9.17, 15) is 18.0 Å². The average Bonchev–Trinajstić information content (AvgIpc) is 2.35. The molecule has 0 aliphatic carbocycles. The zero-order valence-electron chi connectivity index (χ0n) is 10.9. The van der Waals surface area contributed by atoms with Crippen LogP contribution in [0.5, 0.6) is 5.75 Å². The number of ether oxygens (including phenoxy) is 1. The number of benzene rings is 1. The van der Waals surface area contributed by atoms with Crippen LogP contribution in [0.25, 0.3) is 0 Å². The van der Waals surface area contributed by atoms with Crippen molar-refractivity contribution in [2.75, 3.05) is 20.2 Å². The highest BCUT2D eigenvalue weighted by molar-refractivity contribution is 5.95. The Hall–Kier alpha value is -1.76. The van der Waals surface area contributed by atoms with E-state index >= 15 is 0 Å². The molecule has 4 nitrogen and oxygen atoms in total. The summed E-state index contributed by atoms with van der Waals surface area (Å²) in [6.07, 6.45) is -3.56. The molecule has 1 saturated heterocycles. The SMILES string of the molecule is CN1CC[C@H]1COc1ccc(C(F)(F)F)cc1C(N)=O. The molecule has 0 aromatic heterocycles. The van der Waals surface area contributed by atoms with E-state index in [0.29, 0.717) is 6.61 Å². The van der Waals surface area contributed by atoms with Crippen molar-refractivity contribution in [1.29, 1.82) is 0 Å². The number of nitrogens with zero attached hydrogens (tertiary/aromatic N) is 1. The van der Waals surface area contributed by atoms with Gasteiger partial charge in [-0.25, -0.2) is 0 Å². The Balaban J connectivity index is 2.17. The van der Waals surface area contributed by atoms with E-state index < -0.39 is 17.6 Å². The molecule has 1 amide bonds. The number of likely N-dealkylation sites (N-methyl/N-ethyl adjacent to an activating group) is 1. The van der Waals surface area contributed by atoms with Gasteiger partial charge < -0.3 is 10.5 Å². The van der Waals surface area contributed by atoms with Gasteiger partial charge in [0.1, 0.15) is 12.4 Å². The van der Waals surface area contributed by atoms with Crippen LogP contribution in [-0.2, 0) is 6.18 Å². The minimum Gasteiger partial charge on any atom is -0.491 e. The lowest BCUT2D eigenvalue weighted by Gasteiger charge is -2.37. The van der Waals surface area contributed by atoms with Gasteiger partial charge in [-0.15, -0.1) is 0 Å². The van der Waals surface area contributed by atoms with Crippen molar-refractivity contribution in [3.8, 4) is 5.75 Å². The first-order valence-electron chi connectivity index (χ1n) is 6.13. The molecule has 110 valence electrons. The summed E-state index contributed by atoms with van der Waals surface area (Å²) in [4.78, 5) is 13.3. The van der Waals surface area contributed by atoms with Crippen molar-refractivity contribution >= 4 is 5.91 Å². The number of amides is 1. The van der Waals surface area contributed by atoms with Crippen molar-refractivity contribution in [2.24, 2.45) is 5.73 Å². The summed E-state index contributed by atoms with van der Waals surface area (Å²) in [5.74, 6) is -0.848. The summed E-state index contributed by atoms with van der Waals surface area (Å²) >= 11 is 0. The molecule has 0 bridgehead atoms. The molecular weight excluding hydrogens is 273 g/mol. The Bertz CT molecular complexity index is 517. The molecule has 1 aliphatic rings. The van der Waals surface area contributed by atoms with Crippen molar-refractivity contribution in [3.63, 3.8) is 0 Å². The highest BCUT2D eigenvalue weighted by atomic mass is 19.4. The number of carbonyl (C=O) groups excluding carboxylic acids is 1. The molecule has 0 saturated carbocycles. The molecule has 0 spiro atoms. The van der Waals surface area contributed by atoms with Crippen LogP contribution in [-0.4, -0.2) is 37.0 Å². The fraction of sp³-hybridized carbons (Fsp3) is 0.462. The molecule has 1 atom stereocenters. The van der Waals surface area contributed by atoms with Crippen LogP contribution < -0.4 is 10.5 Å². The molecule has 1 aromatic carbocycles. The fourth-order valence-electron chi connectivity index (χ4n) is 1.99. The molecule has 1 aromatic rings. The maximum absolute atomic E-state index is 12.6. The van der Waals surface area contributed by atoms with Crippen LogP contribution in [0.3, 0.4) is 0 Å². The van der Waals surface area contributed by atoms with Crippen molar-refractivity contribution in [2.45, 2.75) is 18.6 Å². The lowest BCUT2D eigenvalue weighted by Crippen LogP contribution is -2.48. The highest BCUT2D eigenvalue weighted by Crippen LogP contribution is 2.32. The Kier molecular flexibility index (Phi) is 3.89. The summed E-state index contributed by atoms with van der Waals surface area (Å²) in [5.41, 5.74) is 3.94. The van der Waals surface area contributed by atoms with Gasteiger partial charge in [0.05, 0.1) is 11.1 Å². The third-order valence-electron chi connectivity index (χ3n) is 3.44. The van der Waals surface area contributed by atoms with E-state index in [0.717, 1.165) is 31.2 Å². The molecule has 1 aliphatic heterocycles. The predicted molar refractivity (Wildman–Crippen MR) is 66.5 cm³/mol. The summed E-state index contributed by atoms with van der Waals surface area (Å²) in [6, 6.07) is 2.97. The molecule has 1 fully saturated rings. The smallest absolute Gasteiger partial charge is 0.416 e. The number of alkyl halides is 3. The minimum absolute atomic E-state index is 0.0887. The number of rotatable bonds is 4. The Labute approximate surface area is 114 Å². The van der Waals surface area contributed by atoms with Crippen LogP contribution in [0.15, 0.2) is 18.2 Å². The van der Waals surface area contributed by atoms with Gasteiger partial charge in [-0.2, -0.15) is 13.2 Å². The van der Waals surface area contributed by atoms with E-state index in [-0.39, 0.29) is 17.4 Å².